The summed E-state index contributed by atoms with van der Waals surface area (Å²) in [6, 6.07) is 8.08. The number of hydrogen-bond acceptors (Lipinski definition) is 1. The summed E-state index contributed by atoms with van der Waals surface area (Å²) < 4.78 is 40.0. The predicted molar refractivity (Wildman–Crippen MR) is 73.3 cm³/mol. The molecule has 0 spiro atoms. The Morgan fingerprint density at radius 3 is 2.20 bits per heavy atom. The second-order valence-corrected chi connectivity index (χ2v) is 4.90. The molecule has 0 aliphatic rings. The molecule has 1 unspecified atom stereocenters. The molecule has 0 radical (unpaired) electrons. The largest absolute Gasteiger partial charge is 0.313 e. The van der Waals surface area contributed by atoms with E-state index in [0.29, 0.717) is 17.5 Å². The van der Waals surface area contributed by atoms with Gasteiger partial charge in [0.25, 0.3) is 0 Å². The van der Waals surface area contributed by atoms with Crippen LogP contribution in [0.15, 0.2) is 36.4 Å². The Morgan fingerprint density at radius 2 is 1.60 bits per heavy atom. The van der Waals surface area contributed by atoms with Gasteiger partial charge in [0.15, 0.2) is 11.6 Å². The van der Waals surface area contributed by atoms with Crippen molar-refractivity contribution in [3.8, 4) is 0 Å². The lowest BCUT2D eigenvalue weighted by Gasteiger charge is -2.18. The highest BCUT2D eigenvalue weighted by Gasteiger charge is 2.18. The molecular formula is C15H13ClF3N. The van der Waals surface area contributed by atoms with E-state index in [2.05, 4.69) is 5.32 Å². The van der Waals surface area contributed by atoms with Crippen LogP contribution >= 0.6 is 11.6 Å². The zero-order valence-corrected chi connectivity index (χ0v) is 11.5. The first-order valence-corrected chi connectivity index (χ1v) is 6.45. The zero-order valence-electron chi connectivity index (χ0n) is 10.8. The van der Waals surface area contributed by atoms with E-state index in [0.717, 1.165) is 11.6 Å². The fraction of sp³-hybridized carbons (Fsp3) is 0.200. The maximum absolute atomic E-state index is 13.8. The molecule has 1 atom stereocenters. The van der Waals surface area contributed by atoms with Crippen molar-refractivity contribution in [2.45, 2.75) is 12.5 Å². The van der Waals surface area contributed by atoms with Gasteiger partial charge in [-0.3, -0.25) is 0 Å². The number of nitrogens with one attached hydrogen (secondary N) is 1. The summed E-state index contributed by atoms with van der Waals surface area (Å²) in [5.41, 5.74) is 1.01. The van der Waals surface area contributed by atoms with Crippen molar-refractivity contribution < 1.29 is 13.2 Å². The summed E-state index contributed by atoms with van der Waals surface area (Å²) in [7, 11) is 1.64. The number of hydrogen-bond donors (Lipinski definition) is 1. The third-order valence-electron chi connectivity index (χ3n) is 3.12. The van der Waals surface area contributed by atoms with E-state index in [4.69, 9.17) is 11.6 Å². The Hall–Kier alpha value is -1.52. The maximum atomic E-state index is 13.8. The van der Waals surface area contributed by atoms with Crippen LogP contribution in [0, 0.1) is 17.5 Å². The fourth-order valence-electron chi connectivity index (χ4n) is 2.03. The van der Waals surface area contributed by atoms with Crippen molar-refractivity contribution in [1.82, 2.24) is 5.32 Å². The van der Waals surface area contributed by atoms with E-state index in [9.17, 15) is 13.2 Å². The minimum Gasteiger partial charge on any atom is -0.313 e. The molecule has 0 aromatic heterocycles. The van der Waals surface area contributed by atoms with Gasteiger partial charge < -0.3 is 5.32 Å². The highest BCUT2D eigenvalue weighted by Crippen LogP contribution is 2.24. The average molecular weight is 300 g/mol. The number of halogens is 4. The molecular weight excluding hydrogens is 287 g/mol. The van der Waals surface area contributed by atoms with Crippen molar-refractivity contribution in [2.24, 2.45) is 0 Å². The lowest BCUT2D eigenvalue weighted by atomic mass is 9.98. The SMILES string of the molecule is CNC(Cc1ccc(Cl)cc1)c1cc(F)c(F)cc1F. The highest BCUT2D eigenvalue weighted by atomic mass is 35.5. The van der Waals surface area contributed by atoms with Gasteiger partial charge in [0, 0.05) is 22.7 Å². The minimum absolute atomic E-state index is 0.0985. The first-order valence-electron chi connectivity index (χ1n) is 6.07. The standard InChI is InChI=1S/C15H13ClF3N/c1-20-15(6-9-2-4-10(16)5-3-9)11-7-13(18)14(19)8-12(11)17/h2-5,7-8,15,20H,6H2,1H3. The molecule has 0 fully saturated rings. The molecule has 2 aromatic carbocycles. The second-order valence-electron chi connectivity index (χ2n) is 4.46. The van der Waals surface area contributed by atoms with E-state index in [1.807, 2.05) is 12.1 Å². The van der Waals surface area contributed by atoms with Crippen LogP contribution in [0.4, 0.5) is 13.2 Å². The first kappa shape index (κ1) is 14.9. The lowest BCUT2D eigenvalue weighted by molar-refractivity contribution is 0.474. The summed E-state index contributed by atoms with van der Waals surface area (Å²) >= 11 is 5.80. The molecule has 5 heteroatoms. The van der Waals surface area contributed by atoms with Crippen LogP contribution in [0.3, 0.4) is 0 Å². The summed E-state index contributed by atoms with van der Waals surface area (Å²) in [6.45, 7) is 0. The van der Waals surface area contributed by atoms with Gasteiger partial charge in [-0.25, -0.2) is 13.2 Å². The van der Waals surface area contributed by atoms with E-state index in [1.54, 1.807) is 19.2 Å². The predicted octanol–water partition coefficient (Wildman–Crippen LogP) is 4.26. The van der Waals surface area contributed by atoms with E-state index >= 15 is 0 Å². The van der Waals surface area contributed by atoms with Crippen molar-refractivity contribution in [3.63, 3.8) is 0 Å². The Labute approximate surface area is 120 Å². The number of likely N-dealkylation sites (N-methyl/N-ethyl adjacent to an activating group) is 1. The number of rotatable bonds is 4. The lowest BCUT2D eigenvalue weighted by Crippen LogP contribution is -2.20. The smallest absolute Gasteiger partial charge is 0.161 e. The molecule has 1 N–H and O–H groups in total. The molecule has 0 heterocycles. The Kier molecular flexibility index (Phi) is 4.68. The van der Waals surface area contributed by atoms with Gasteiger partial charge in [-0.2, -0.15) is 0 Å². The fourth-order valence-corrected chi connectivity index (χ4v) is 2.15. The molecule has 2 rings (SSSR count). The average Bonchev–Trinajstić information content (AvgIpc) is 2.43. The normalized spacial score (nSPS) is 12.4. The molecule has 0 aliphatic carbocycles. The zero-order chi connectivity index (χ0) is 14.7. The van der Waals surface area contributed by atoms with Gasteiger partial charge in [-0.05, 0) is 37.2 Å². The molecule has 0 bridgehead atoms. The van der Waals surface area contributed by atoms with Crippen molar-refractivity contribution in [3.05, 3.63) is 70.0 Å². The first-order chi connectivity index (χ1) is 9.51. The molecule has 106 valence electrons. The Morgan fingerprint density at radius 1 is 1.00 bits per heavy atom. The summed E-state index contributed by atoms with van der Waals surface area (Å²) in [6.07, 6.45) is 0.440. The van der Waals surface area contributed by atoms with Crippen LogP contribution in [0.2, 0.25) is 5.02 Å². The minimum atomic E-state index is -1.19. The second kappa shape index (κ2) is 6.29. The van der Waals surface area contributed by atoms with Gasteiger partial charge in [-0.1, -0.05) is 23.7 Å². The van der Waals surface area contributed by atoms with E-state index < -0.39 is 23.5 Å². The van der Waals surface area contributed by atoms with Crippen LogP contribution in [0.25, 0.3) is 0 Å². The molecule has 0 saturated carbocycles. The number of benzene rings is 2. The van der Waals surface area contributed by atoms with Crippen LogP contribution < -0.4 is 5.32 Å². The van der Waals surface area contributed by atoms with Crippen molar-refractivity contribution in [1.29, 1.82) is 0 Å². The third kappa shape index (κ3) is 3.32. The molecule has 1 nitrogen and oxygen atoms in total. The van der Waals surface area contributed by atoms with E-state index in [-0.39, 0.29) is 5.56 Å². The Bertz CT molecular complexity index is 599. The summed E-state index contributed by atoms with van der Waals surface area (Å²) in [5, 5.41) is 3.51. The van der Waals surface area contributed by atoms with Crippen LogP contribution in [-0.2, 0) is 6.42 Å². The van der Waals surface area contributed by atoms with Crippen LogP contribution in [0.1, 0.15) is 17.2 Å². The maximum Gasteiger partial charge on any atom is 0.161 e. The van der Waals surface area contributed by atoms with Crippen molar-refractivity contribution >= 4 is 11.6 Å². The topological polar surface area (TPSA) is 12.0 Å². The quantitative estimate of drug-likeness (QED) is 0.832. The van der Waals surface area contributed by atoms with Crippen molar-refractivity contribution in [2.75, 3.05) is 7.05 Å². The van der Waals surface area contributed by atoms with Crippen LogP contribution in [0.5, 0.6) is 0 Å². The van der Waals surface area contributed by atoms with Gasteiger partial charge in [0.05, 0.1) is 0 Å². The van der Waals surface area contributed by atoms with Gasteiger partial charge >= 0.3 is 0 Å². The van der Waals surface area contributed by atoms with Crippen LogP contribution in [-0.4, -0.2) is 7.05 Å². The molecule has 2 aromatic rings. The summed E-state index contributed by atoms with van der Waals surface area (Å²) in [4.78, 5) is 0. The van der Waals surface area contributed by atoms with E-state index in [1.165, 1.54) is 0 Å². The van der Waals surface area contributed by atoms with Gasteiger partial charge in [0.2, 0.25) is 0 Å². The third-order valence-corrected chi connectivity index (χ3v) is 3.37. The molecule has 0 saturated heterocycles. The van der Waals surface area contributed by atoms with Gasteiger partial charge in [0.1, 0.15) is 5.82 Å². The summed E-state index contributed by atoms with van der Waals surface area (Å²) in [5.74, 6) is -3.01. The Balaban J connectivity index is 2.28. The monoisotopic (exact) mass is 299 g/mol. The van der Waals surface area contributed by atoms with Gasteiger partial charge in [-0.15, -0.1) is 0 Å². The molecule has 20 heavy (non-hydrogen) atoms. The molecule has 0 amide bonds. The highest BCUT2D eigenvalue weighted by molar-refractivity contribution is 6.30. The molecule has 0 aliphatic heterocycles.